The molecular weight excluding hydrogens is 192 g/mol. The molecule has 0 aliphatic carbocycles. The van der Waals surface area contributed by atoms with Gasteiger partial charge in [0, 0.05) is 19.7 Å². The van der Waals surface area contributed by atoms with Crippen LogP contribution in [0.4, 0.5) is 0 Å². The van der Waals surface area contributed by atoms with E-state index in [4.69, 9.17) is 4.74 Å². The van der Waals surface area contributed by atoms with Crippen molar-refractivity contribution in [2.75, 3.05) is 32.8 Å². The molecule has 0 bridgehead atoms. The minimum absolute atomic E-state index is 0.0429. The van der Waals surface area contributed by atoms with Crippen LogP contribution in [0.25, 0.3) is 0 Å². The van der Waals surface area contributed by atoms with Crippen molar-refractivity contribution in [1.82, 2.24) is 10.2 Å². The summed E-state index contributed by atoms with van der Waals surface area (Å²) in [7, 11) is 0. The molecule has 0 radical (unpaired) electrons. The van der Waals surface area contributed by atoms with Crippen LogP contribution < -0.4 is 5.32 Å². The van der Waals surface area contributed by atoms with Gasteiger partial charge in [0.05, 0.1) is 12.6 Å². The van der Waals surface area contributed by atoms with Crippen molar-refractivity contribution >= 4 is 5.91 Å². The smallest absolute Gasteiger partial charge is 0.239 e. The van der Waals surface area contributed by atoms with Crippen LogP contribution in [0.1, 0.15) is 26.7 Å². The number of hydrogen-bond acceptors (Lipinski definition) is 3. The highest BCUT2D eigenvalue weighted by Gasteiger charge is 2.22. The van der Waals surface area contributed by atoms with Crippen molar-refractivity contribution in [3.63, 3.8) is 0 Å². The van der Waals surface area contributed by atoms with Gasteiger partial charge in [0.15, 0.2) is 0 Å². The van der Waals surface area contributed by atoms with Crippen LogP contribution in [0.5, 0.6) is 0 Å². The van der Waals surface area contributed by atoms with Crippen LogP contribution in [0.3, 0.4) is 0 Å². The summed E-state index contributed by atoms with van der Waals surface area (Å²) in [5.41, 5.74) is 0. The molecular formula is C11H22N2O2. The second kappa shape index (κ2) is 6.80. The summed E-state index contributed by atoms with van der Waals surface area (Å²) in [4.78, 5) is 13.7. The van der Waals surface area contributed by atoms with E-state index in [0.717, 1.165) is 39.1 Å². The highest BCUT2D eigenvalue weighted by atomic mass is 16.5. The highest BCUT2D eigenvalue weighted by Crippen LogP contribution is 2.02. The summed E-state index contributed by atoms with van der Waals surface area (Å²) < 4.78 is 5.40. The number of carbonyl (C=O) groups is 1. The van der Waals surface area contributed by atoms with E-state index in [1.54, 1.807) is 0 Å². The molecule has 1 N–H and O–H groups in total. The Morgan fingerprint density at radius 3 is 3.07 bits per heavy atom. The Morgan fingerprint density at radius 2 is 2.33 bits per heavy atom. The number of ether oxygens (including phenoxy) is 1. The Morgan fingerprint density at radius 1 is 1.53 bits per heavy atom. The Balaban J connectivity index is 2.28. The molecule has 0 saturated carbocycles. The standard InChI is InChI=1S/C11H22N2O2/c1-3-8-15-9-7-13-6-4-5-12-10(2)11(13)14/h10,12H,3-9H2,1-2H3. The molecule has 1 fully saturated rings. The quantitative estimate of drug-likeness (QED) is 0.682. The monoisotopic (exact) mass is 214 g/mol. The molecule has 0 spiro atoms. The van der Waals surface area contributed by atoms with Crippen molar-refractivity contribution in [3.05, 3.63) is 0 Å². The molecule has 1 heterocycles. The lowest BCUT2D eigenvalue weighted by molar-refractivity contribution is -0.133. The van der Waals surface area contributed by atoms with E-state index in [1.807, 2.05) is 11.8 Å². The third kappa shape index (κ3) is 4.18. The summed E-state index contributed by atoms with van der Waals surface area (Å²) in [6.07, 6.45) is 2.07. The lowest BCUT2D eigenvalue weighted by Gasteiger charge is -2.22. The van der Waals surface area contributed by atoms with E-state index >= 15 is 0 Å². The van der Waals surface area contributed by atoms with Crippen molar-refractivity contribution < 1.29 is 9.53 Å². The fraction of sp³-hybridized carbons (Fsp3) is 0.909. The van der Waals surface area contributed by atoms with Crippen LogP contribution in [-0.2, 0) is 9.53 Å². The summed E-state index contributed by atoms with van der Waals surface area (Å²) in [6, 6.07) is -0.0429. The maximum atomic E-state index is 11.8. The van der Waals surface area contributed by atoms with E-state index in [0.29, 0.717) is 6.61 Å². The summed E-state index contributed by atoms with van der Waals surface area (Å²) in [5.74, 6) is 0.201. The first kappa shape index (κ1) is 12.5. The second-order valence-corrected chi connectivity index (χ2v) is 3.97. The van der Waals surface area contributed by atoms with Gasteiger partial charge >= 0.3 is 0 Å². The third-order valence-electron chi connectivity index (χ3n) is 2.59. The van der Waals surface area contributed by atoms with E-state index in [-0.39, 0.29) is 11.9 Å². The van der Waals surface area contributed by atoms with Gasteiger partial charge in [-0.15, -0.1) is 0 Å². The molecule has 4 nitrogen and oxygen atoms in total. The van der Waals surface area contributed by atoms with Crippen LogP contribution in [0.15, 0.2) is 0 Å². The number of rotatable bonds is 5. The SMILES string of the molecule is CCCOCCN1CCCNC(C)C1=O. The Labute approximate surface area is 92.0 Å². The van der Waals surface area contributed by atoms with E-state index in [2.05, 4.69) is 12.2 Å². The highest BCUT2D eigenvalue weighted by molar-refractivity contribution is 5.81. The average molecular weight is 214 g/mol. The normalized spacial score (nSPS) is 22.9. The molecule has 88 valence electrons. The molecule has 1 saturated heterocycles. The van der Waals surface area contributed by atoms with Gasteiger partial charge in [-0.3, -0.25) is 4.79 Å². The first-order valence-corrected chi connectivity index (χ1v) is 5.85. The van der Waals surface area contributed by atoms with Gasteiger partial charge in [-0.05, 0) is 26.3 Å². The van der Waals surface area contributed by atoms with Gasteiger partial charge in [-0.25, -0.2) is 0 Å². The second-order valence-electron chi connectivity index (χ2n) is 3.97. The maximum absolute atomic E-state index is 11.8. The molecule has 4 heteroatoms. The fourth-order valence-electron chi connectivity index (χ4n) is 1.70. The maximum Gasteiger partial charge on any atom is 0.239 e. The topological polar surface area (TPSA) is 41.6 Å². The lowest BCUT2D eigenvalue weighted by atomic mass is 10.3. The van der Waals surface area contributed by atoms with Crippen molar-refractivity contribution in [2.45, 2.75) is 32.7 Å². The predicted octanol–water partition coefficient (Wildman–Crippen LogP) is 0.623. The first-order chi connectivity index (χ1) is 7.25. The van der Waals surface area contributed by atoms with Crippen LogP contribution in [0, 0.1) is 0 Å². The van der Waals surface area contributed by atoms with Gasteiger partial charge in [0.2, 0.25) is 5.91 Å². The summed E-state index contributed by atoms with van der Waals surface area (Å²) in [6.45, 7) is 7.97. The molecule has 1 amide bonds. The molecule has 0 aromatic heterocycles. The fourth-order valence-corrected chi connectivity index (χ4v) is 1.70. The van der Waals surface area contributed by atoms with Gasteiger partial charge in [0.25, 0.3) is 0 Å². The van der Waals surface area contributed by atoms with Crippen molar-refractivity contribution in [1.29, 1.82) is 0 Å². The van der Waals surface area contributed by atoms with Gasteiger partial charge in [-0.2, -0.15) is 0 Å². The molecule has 1 rings (SSSR count). The van der Waals surface area contributed by atoms with Gasteiger partial charge < -0.3 is 15.0 Å². The number of carbonyl (C=O) groups excluding carboxylic acids is 1. The summed E-state index contributed by atoms with van der Waals surface area (Å²) in [5, 5.41) is 3.19. The average Bonchev–Trinajstić information content (AvgIpc) is 2.39. The molecule has 15 heavy (non-hydrogen) atoms. The van der Waals surface area contributed by atoms with Gasteiger partial charge in [-0.1, -0.05) is 6.92 Å². The minimum Gasteiger partial charge on any atom is -0.380 e. The third-order valence-corrected chi connectivity index (χ3v) is 2.59. The van der Waals surface area contributed by atoms with Crippen LogP contribution >= 0.6 is 0 Å². The molecule has 1 unspecified atom stereocenters. The number of nitrogens with zero attached hydrogens (tertiary/aromatic N) is 1. The molecule has 0 aromatic rings. The summed E-state index contributed by atoms with van der Waals surface area (Å²) >= 11 is 0. The van der Waals surface area contributed by atoms with Crippen LogP contribution in [0.2, 0.25) is 0 Å². The predicted molar refractivity (Wildman–Crippen MR) is 59.8 cm³/mol. The van der Waals surface area contributed by atoms with Gasteiger partial charge in [0.1, 0.15) is 0 Å². The molecule has 0 aromatic carbocycles. The molecule has 1 aliphatic rings. The number of nitrogens with one attached hydrogen (secondary N) is 1. The van der Waals surface area contributed by atoms with E-state index < -0.39 is 0 Å². The zero-order valence-electron chi connectivity index (χ0n) is 9.79. The first-order valence-electron chi connectivity index (χ1n) is 5.85. The lowest BCUT2D eigenvalue weighted by Crippen LogP contribution is -2.42. The van der Waals surface area contributed by atoms with E-state index in [1.165, 1.54) is 0 Å². The Bertz CT molecular complexity index is 197. The molecule has 1 atom stereocenters. The largest absolute Gasteiger partial charge is 0.380 e. The van der Waals surface area contributed by atoms with Crippen LogP contribution in [-0.4, -0.2) is 49.7 Å². The minimum atomic E-state index is -0.0429. The zero-order valence-corrected chi connectivity index (χ0v) is 9.79. The van der Waals surface area contributed by atoms with Crippen molar-refractivity contribution in [2.24, 2.45) is 0 Å². The van der Waals surface area contributed by atoms with Crippen molar-refractivity contribution in [3.8, 4) is 0 Å². The number of amides is 1. The Kier molecular flexibility index (Phi) is 5.65. The zero-order chi connectivity index (χ0) is 11.1. The Hall–Kier alpha value is -0.610. The number of hydrogen-bond donors (Lipinski definition) is 1. The molecule has 1 aliphatic heterocycles. The van der Waals surface area contributed by atoms with E-state index in [9.17, 15) is 4.79 Å².